The van der Waals surface area contributed by atoms with E-state index in [0.29, 0.717) is 36.1 Å². The molecule has 1 fully saturated rings. The number of carbonyl (C=O) groups is 1. The van der Waals surface area contributed by atoms with Gasteiger partial charge in [-0.05, 0) is 93.8 Å². The number of anilines is 1. The summed E-state index contributed by atoms with van der Waals surface area (Å²) in [7, 11) is 2.08. The Labute approximate surface area is 307 Å². The van der Waals surface area contributed by atoms with Crippen molar-refractivity contribution in [2.75, 3.05) is 31.6 Å². The highest BCUT2D eigenvalue weighted by molar-refractivity contribution is 6.05. The second-order valence-corrected chi connectivity index (χ2v) is 15.4. The number of nitrogens with zero attached hydrogens (tertiary/aromatic N) is 8. The largest absolute Gasteiger partial charge is 0.484 e. The third kappa shape index (κ3) is 9.30. The zero-order chi connectivity index (χ0) is 36.8. The number of pyridine rings is 1. The van der Waals surface area contributed by atoms with E-state index < -0.39 is 0 Å². The number of carbonyl (C=O) groups excluding carboxylic acids is 1. The molecule has 13 nitrogen and oxygen atoms in total. The number of ether oxygens (including phenoxy) is 1. The molecular weight excluding hydrogens is 655 g/mol. The number of aromatic nitrogens is 5. The molecule has 4 heterocycles. The van der Waals surface area contributed by atoms with Crippen LogP contribution in [0.2, 0.25) is 0 Å². The van der Waals surface area contributed by atoms with Gasteiger partial charge in [0.25, 0.3) is 0 Å². The van der Waals surface area contributed by atoms with Crippen LogP contribution in [0.15, 0.2) is 71.8 Å². The molecule has 0 unspecified atom stereocenters. The quantitative estimate of drug-likeness (QED) is 0.118. The van der Waals surface area contributed by atoms with Crippen molar-refractivity contribution in [3.8, 4) is 5.75 Å². The first-order valence-corrected chi connectivity index (χ1v) is 18.7. The maximum absolute atomic E-state index is 13.6. The number of hydrogen-bond donors (Lipinski definition) is 3. The van der Waals surface area contributed by atoms with Crippen LogP contribution in [0.4, 0.5) is 16.4 Å². The molecule has 13 heteroatoms. The van der Waals surface area contributed by atoms with E-state index in [2.05, 4.69) is 89.5 Å². The highest BCUT2D eigenvalue weighted by atomic mass is 16.5. The summed E-state index contributed by atoms with van der Waals surface area (Å²) in [6.07, 6.45) is 12.8. The van der Waals surface area contributed by atoms with Crippen LogP contribution in [0.5, 0.6) is 5.75 Å². The van der Waals surface area contributed by atoms with E-state index in [0.717, 1.165) is 73.9 Å². The number of nitrogens with two attached hydrogens (primary N) is 1. The lowest BCUT2D eigenvalue weighted by molar-refractivity contribution is 0.171. The SMILES string of the molecule is CCN(C)CCn1cc(N=C(C=C(N)CC(C)(C)C)NC(=O)N[C@H]2CC[C@@H](Oc3ccc4nnc(N5CCCC[C@@H]5C)n4c3)c3ccccc32)cn1. The van der Waals surface area contributed by atoms with Crippen molar-refractivity contribution in [3.05, 3.63) is 77.9 Å². The Balaban J connectivity index is 1.16. The maximum atomic E-state index is 13.6. The minimum absolute atomic E-state index is 0.0237. The standard InChI is InChI=1S/C39H55N11O2/c1-7-47(6)20-21-48-25-29(24-41-48)42-35(22-28(40)23-39(3,4)5)44-37(51)43-33-16-17-34(32-14-9-8-13-31(32)33)52-30-15-18-36-45-46-38(50(36)26-30)49-19-11-10-12-27(49)2/h8-9,13-15,18,22,24-27,33-34H,7,10-12,16-17,19-21,23,40H2,1-6H3,(H2,42,43,44,51)/t27-,33-,34+/m0/s1. The summed E-state index contributed by atoms with van der Waals surface area (Å²) < 4.78 is 10.6. The molecule has 0 radical (unpaired) electrons. The molecule has 6 rings (SSSR count). The predicted octanol–water partition coefficient (Wildman–Crippen LogP) is 6.52. The number of piperidine rings is 1. The Morgan fingerprint density at radius 3 is 2.67 bits per heavy atom. The lowest BCUT2D eigenvalue weighted by Gasteiger charge is -2.33. The lowest BCUT2D eigenvalue weighted by Crippen LogP contribution is -2.42. The average Bonchev–Trinajstić information content (AvgIpc) is 3.74. The zero-order valence-corrected chi connectivity index (χ0v) is 31.5. The van der Waals surface area contributed by atoms with E-state index in [1.165, 1.54) is 6.42 Å². The van der Waals surface area contributed by atoms with E-state index in [1.807, 2.05) is 45.7 Å². The van der Waals surface area contributed by atoms with Gasteiger partial charge in [-0.25, -0.2) is 9.79 Å². The van der Waals surface area contributed by atoms with Crippen molar-refractivity contribution in [2.45, 2.75) is 97.9 Å². The molecule has 4 N–H and O–H groups in total. The number of allylic oxidation sites excluding steroid dienone is 1. The molecule has 278 valence electrons. The summed E-state index contributed by atoms with van der Waals surface area (Å²) >= 11 is 0. The third-order valence-electron chi connectivity index (χ3n) is 9.85. The number of likely N-dealkylation sites (N-methyl/N-ethyl adjacent to an activating group) is 1. The minimum atomic E-state index is -0.354. The highest BCUT2D eigenvalue weighted by Gasteiger charge is 2.30. The van der Waals surface area contributed by atoms with Crippen LogP contribution < -0.4 is 26.0 Å². The second-order valence-electron chi connectivity index (χ2n) is 15.4. The molecule has 0 bridgehead atoms. The number of fused-ring (bicyclic) bond motifs is 2. The summed E-state index contributed by atoms with van der Waals surface area (Å²) in [5.41, 5.74) is 10.6. The Kier molecular flexibility index (Phi) is 11.5. The number of rotatable bonds is 11. The van der Waals surface area contributed by atoms with Crippen LogP contribution in [-0.2, 0) is 6.54 Å². The fourth-order valence-electron chi connectivity index (χ4n) is 7.06. The van der Waals surface area contributed by atoms with Gasteiger partial charge in [-0.3, -0.25) is 14.4 Å². The monoisotopic (exact) mass is 709 g/mol. The molecule has 0 saturated carbocycles. The fourth-order valence-corrected chi connectivity index (χ4v) is 7.06. The Morgan fingerprint density at radius 1 is 1.10 bits per heavy atom. The van der Waals surface area contributed by atoms with E-state index in [-0.39, 0.29) is 23.6 Å². The number of amides is 2. The topological polar surface area (TPSA) is 143 Å². The summed E-state index contributed by atoms with van der Waals surface area (Å²) in [5.74, 6) is 1.97. The van der Waals surface area contributed by atoms with Crippen LogP contribution in [0.3, 0.4) is 0 Å². The number of benzene rings is 1. The van der Waals surface area contributed by atoms with Crippen molar-refractivity contribution in [3.63, 3.8) is 0 Å². The Hall–Kier alpha value is -4.91. The van der Waals surface area contributed by atoms with Gasteiger partial charge < -0.3 is 25.6 Å². The van der Waals surface area contributed by atoms with Gasteiger partial charge in [0.1, 0.15) is 23.4 Å². The molecule has 4 aromatic rings. The molecule has 52 heavy (non-hydrogen) atoms. The van der Waals surface area contributed by atoms with Crippen molar-refractivity contribution in [1.82, 2.24) is 39.9 Å². The number of hydrogen-bond acceptors (Lipinski definition) is 9. The highest BCUT2D eigenvalue weighted by Crippen LogP contribution is 2.39. The summed E-state index contributed by atoms with van der Waals surface area (Å²) in [6.45, 7) is 14.3. The fraction of sp³-hybridized carbons (Fsp3) is 0.513. The van der Waals surface area contributed by atoms with Crippen molar-refractivity contribution < 1.29 is 9.53 Å². The molecule has 1 aromatic carbocycles. The van der Waals surface area contributed by atoms with Crippen molar-refractivity contribution in [1.29, 1.82) is 0 Å². The Bertz CT molecular complexity index is 1890. The van der Waals surface area contributed by atoms with Gasteiger partial charge in [-0.1, -0.05) is 52.0 Å². The molecular formula is C39H55N11O2. The van der Waals surface area contributed by atoms with E-state index in [1.54, 1.807) is 12.3 Å². The number of urea groups is 1. The molecule has 3 aromatic heterocycles. The van der Waals surface area contributed by atoms with Gasteiger partial charge >= 0.3 is 6.03 Å². The van der Waals surface area contributed by atoms with Gasteiger partial charge in [0.05, 0.1) is 31.2 Å². The molecule has 3 atom stereocenters. The van der Waals surface area contributed by atoms with Gasteiger partial charge in [0.2, 0.25) is 5.95 Å². The summed E-state index contributed by atoms with van der Waals surface area (Å²) in [6, 6.07) is 11.9. The van der Waals surface area contributed by atoms with E-state index in [4.69, 9.17) is 15.5 Å². The minimum Gasteiger partial charge on any atom is -0.484 e. The van der Waals surface area contributed by atoms with Crippen LogP contribution in [0.25, 0.3) is 5.65 Å². The van der Waals surface area contributed by atoms with Gasteiger partial charge in [-0.15, -0.1) is 10.2 Å². The van der Waals surface area contributed by atoms with Gasteiger partial charge in [0, 0.05) is 24.8 Å². The maximum Gasteiger partial charge on any atom is 0.320 e. The first kappa shape index (κ1) is 36.9. The van der Waals surface area contributed by atoms with Gasteiger partial charge in [-0.2, -0.15) is 5.10 Å². The Morgan fingerprint density at radius 2 is 1.90 bits per heavy atom. The van der Waals surface area contributed by atoms with E-state index >= 15 is 0 Å². The molecule has 2 aliphatic rings. The lowest BCUT2D eigenvalue weighted by atomic mass is 9.85. The first-order chi connectivity index (χ1) is 25.0. The van der Waals surface area contributed by atoms with Crippen molar-refractivity contribution >= 4 is 29.1 Å². The molecule has 1 saturated heterocycles. The third-order valence-corrected chi connectivity index (χ3v) is 9.85. The van der Waals surface area contributed by atoms with Crippen LogP contribution in [-0.4, -0.2) is 73.9 Å². The first-order valence-electron chi connectivity index (χ1n) is 18.7. The summed E-state index contributed by atoms with van der Waals surface area (Å²) in [4.78, 5) is 22.9. The second kappa shape index (κ2) is 16.2. The summed E-state index contributed by atoms with van der Waals surface area (Å²) in [5, 5.41) is 19.6. The molecule has 1 aliphatic carbocycles. The van der Waals surface area contributed by atoms with E-state index in [9.17, 15) is 4.79 Å². The zero-order valence-electron chi connectivity index (χ0n) is 31.5. The molecule has 1 aliphatic heterocycles. The number of aliphatic imine (C=N–C) groups is 1. The normalized spacial score (nSPS) is 19.9. The smallest absolute Gasteiger partial charge is 0.320 e. The van der Waals surface area contributed by atoms with Crippen LogP contribution in [0, 0.1) is 5.41 Å². The van der Waals surface area contributed by atoms with Crippen LogP contribution >= 0.6 is 0 Å². The van der Waals surface area contributed by atoms with Crippen LogP contribution in [0.1, 0.15) is 96.4 Å². The molecule has 0 spiro atoms. The molecule has 2 amide bonds. The number of nitrogens with one attached hydrogen (secondary N) is 2. The predicted molar refractivity (Wildman–Crippen MR) is 206 cm³/mol. The van der Waals surface area contributed by atoms with Crippen molar-refractivity contribution in [2.24, 2.45) is 16.1 Å². The number of amidine groups is 1. The average molecular weight is 710 g/mol. The van der Waals surface area contributed by atoms with Gasteiger partial charge in [0.15, 0.2) is 5.65 Å².